The summed E-state index contributed by atoms with van der Waals surface area (Å²) in [5.74, 6) is -0.0144. The van der Waals surface area contributed by atoms with Crippen LogP contribution in [0.4, 0.5) is 5.69 Å². The summed E-state index contributed by atoms with van der Waals surface area (Å²) in [5, 5.41) is 2.49. The summed E-state index contributed by atoms with van der Waals surface area (Å²) in [6.07, 6.45) is 0.380. The maximum Gasteiger partial charge on any atom is 0.251 e. The summed E-state index contributed by atoms with van der Waals surface area (Å²) in [6, 6.07) is 4.86. The summed E-state index contributed by atoms with van der Waals surface area (Å²) in [6.45, 7) is 1.77. The van der Waals surface area contributed by atoms with Crippen molar-refractivity contribution < 1.29 is 13.2 Å². The van der Waals surface area contributed by atoms with Crippen molar-refractivity contribution in [3.8, 4) is 0 Å². The fourth-order valence-corrected chi connectivity index (χ4v) is 2.95. The van der Waals surface area contributed by atoms with Crippen molar-refractivity contribution in [2.75, 3.05) is 23.4 Å². The number of alkyl halides is 1. The Labute approximate surface area is 118 Å². The van der Waals surface area contributed by atoms with Gasteiger partial charge < -0.3 is 5.32 Å². The number of halogens is 1. The SMILES string of the molecule is CNC(=O)c1ccc(C)c(NS(=O)(=O)CCCCl)c1. The van der Waals surface area contributed by atoms with Gasteiger partial charge in [-0.05, 0) is 31.0 Å². The Morgan fingerprint density at radius 3 is 2.63 bits per heavy atom. The minimum absolute atomic E-state index is 0.0415. The van der Waals surface area contributed by atoms with E-state index in [0.717, 1.165) is 5.56 Å². The molecule has 0 unspecified atom stereocenters. The van der Waals surface area contributed by atoms with E-state index in [1.165, 1.54) is 13.1 Å². The minimum atomic E-state index is -3.43. The largest absolute Gasteiger partial charge is 0.355 e. The van der Waals surface area contributed by atoms with Crippen LogP contribution in [-0.4, -0.2) is 33.0 Å². The molecular formula is C12H17ClN2O3S. The number of hydrogen-bond donors (Lipinski definition) is 2. The van der Waals surface area contributed by atoms with Crippen molar-refractivity contribution in [3.05, 3.63) is 29.3 Å². The van der Waals surface area contributed by atoms with Crippen molar-refractivity contribution in [3.63, 3.8) is 0 Å². The van der Waals surface area contributed by atoms with Crippen molar-refractivity contribution in [1.82, 2.24) is 5.32 Å². The van der Waals surface area contributed by atoms with Gasteiger partial charge in [-0.15, -0.1) is 11.6 Å². The lowest BCUT2D eigenvalue weighted by molar-refractivity contribution is 0.0963. The molecular weight excluding hydrogens is 288 g/mol. The predicted molar refractivity (Wildman–Crippen MR) is 77.3 cm³/mol. The molecule has 0 saturated carbocycles. The molecule has 0 fully saturated rings. The smallest absolute Gasteiger partial charge is 0.251 e. The summed E-state index contributed by atoms with van der Waals surface area (Å²) in [4.78, 5) is 11.5. The number of anilines is 1. The minimum Gasteiger partial charge on any atom is -0.355 e. The maximum atomic E-state index is 11.8. The lowest BCUT2D eigenvalue weighted by Gasteiger charge is -2.11. The highest BCUT2D eigenvalue weighted by atomic mass is 35.5. The van der Waals surface area contributed by atoms with E-state index in [1.54, 1.807) is 19.1 Å². The van der Waals surface area contributed by atoms with Gasteiger partial charge in [0.2, 0.25) is 10.0 Å². The first-order valence-electron chi connectivity index (χ1n) is 5.79. The molecule has 0 bridgehead atoms. The van der Waals surface area contributed by atoms with Crippen LogP contribution in [0.1, 0.15) is 22.3 Å². The van der Waals surface area contributed by atoms with Crippen molar-refractivity contribution >= 4 is 33.2 Å². The van der Waals surface area contributed by atoms with E-state index in [2.05, 4.69) is 10.0 Å². The zero-order valence-corrected chi connectivity index (χ0v) is 12.4. The molecule has 0 atom stereocenters. The van der Waals surface area contributed by atoms with Gasteiger partial charge in [-0.25, -0.2) is 8.42 Å². The van der Waals surface area contributed by atoms with Gasteiger partial charge in [0.25, 0.3) is 5.91 Å². The molecule has 1 aromatic carbocycles. The highest BCUT2D eigenvalue weighted by Gasteiger charge is 2.13. The molecule has 0 aromatic heterocycles. The van der Waals surface area contributed by atoms with E-state index in [9.17, 15) is 13.2 Å². The third-order valence-electron chi connectivity index (χ3n) is 2.54. The number of amides is 1. The van der Waals surface area contributed by atoms with Gasteiger partial charge in [-0.3, -0.25) is 9.52 Å². The normalized spacial score (nSPS) is 11.1. The quantitative estimate of drug-likeness (QED) is 0.786. The van der Waals surface area contributed by atoms with Crippen LogP contribution < -0.4 is 10.0 Å². The van der Waals surface area contributed by atoms with E-state index in [0.29, 0.717) is 17.7 Å². The van der Waals surface area contributed by atoms with Crippen LogP contribution in [0, 0.1) is 6.92 Å². The average molecular weight is 305 g/mol. The lowest BCUT2D eigenvalue weighted by Crippen LogP contribution is -2.20. The number of sulfonamides is 1. The third kappa shape index (κ3) is 4.72. The molecule has 7 heteroatoms. The third-order valence-corrected chi connectivity index (χ3v) is 4.16. The number of carbonyl (C=O) groups excluding carboxylic acids is 1. The molecule has 19 heavy (non-hydrogen) atoms. The molecule has 0 aliphatic heterocycles. The molecule has 0 spiro atoms. The number of hydrogen-bond acceptors (Lipinski definition) is 3. The number of aryl methyl sites for hydroxylation is 1. The molecule has 106 valence electrons. The second-order valence-corrected chi connectivity index (χ2v) is 6.29. The zero-order chi connectivity index (χ0) is 14.5. The monoisotopic (exact) mass is 304 g/mol. The number of rotatable bonds is 6. The molecule has 1 aromatic rings. The summed E-state index contributed by atoms with van der Waals surface area (Å²) >= 11 is 5.48. The Hall–Kier alpha value is -1.27. The van der Waals surface area contributed by atoms with E-state index < -0.39 is 10.0 Å². The first-order valence-corrected chi connectivity index (χ1v) is 7.97. The average Bonchev–Trinajstić information content (AvgIpc) is 2.38. The molecule has 0 aliphatic rings. The first-order chi connectivity index (χ1) is 8.89. The zero-order valence-electron chi connectivity index (χ0n) is 10.9. The van der Waals surface area contributed by atoms with Crippen molar-refractivity contribution in [2.24, 2.45) is 0 Å². The standard InChI is InChI=1S/C12H17ClN2O3S/c1-9-4-5-10(12(16)14-2)8-11(9)15-19(17,18)7-3-6-13/h4-5,8,15H,3,6-7H2,1-2H3,(H,14,16). The lowest BCUT2D eigenvalue weighted by atomic mass is 10.1. The van der Waals surface area contributed by atoms with Gasteiger partial charge in [0.05, 0.1) is 11.4 Å². The van der Waals surface area contributed by atoms with Crippen LogP contribution >= 0.6 is 11.6 Å². The predicted octanol–water partition coefficient (Wildman–Crippen LogP) is 1.73. The molecule has 0 saturated heterocycles. The van der Waals surface area contributed by atoms with Gasteiger partial charge in [-0.1, -0.05) is 6.07 Å². The Balaban J connectivity index is 2.97. The molecule has 0 aliphatic carbocycles. The second kappa shape index (κ2) is 6.77. The molecule has 1 rings (SSSR count). The number of nitrogens with one attached hydrogen (secondary N) is 2. The Morgan fingerprint density at radius 1 is 1.37 bits per heavy atom. The Bertz CT molecular complexity index is 558. The summed E-state index contributed by atoms with van der Waals surface area (Å²) < 4.78 is 26.1. The van der Waals surface area contributed by atoms with E-state index in [1.807, 2.05) is 0 Å². The molecule has 0 heterocycles. The fraction of sp³-hybridized carbons (Fsp3) is 0.417. The van der Waals surface area contributed by atoms with Gasteiger partial charge in [-0.2, -0.15) is 0 Å². The van der Waals surface area contributed by atoms with Gasteiger partial charge >= 0.3 is 0 Å². The van der Waals surface area contributed by atoms with Crippen molar-refractivity contribution in [2.45, 2.75) is 13.3 Å². The highest BCUT2D eigenvalue weighted by Crippen LogP contribution is 2.18. The van der Waals surface area contributed by atoms with Crippen LogP contribution in [0.3, 0.4) is 0 Å². The Morgan fingerprint density at radius 2 is 2.05 bits per heavy atom. The first kappa shape index (κ1) is 15.8. The van der Waals surface area contributed by atoms with Crippen LogP contribution in [0.5, 0.6) is 0 Å². The van der Waals surface area contributed by atoms with Crippen LogP contribution in [0.2, 0.25) is 0 Å². The molecule has 1 amide bonds. The van der Waals surface area contributed by atoms with Crippen LogP contribution in [-0.2, 0) is 10.0 Å². The summed E-state index contributed by atoms with van der Waals surface area (Å²) in [7, 11) is -1.91. The fourth-order valence-electron chi connectivity index (χ4n) is 1.48. The second-order valence-electron chi connectivity index (χ2n) is 4.07. The molecule has 0 radical (unpaired) electrons. The van der Waals surface area contributed by atoms with Crippen LogP contribution in [0.15, 0.2) is 18.2 Å². The van der Waals surface area contributed by atoms with E-state index in [-0.39, 0.29) is 17.5 Å². The highest BCUT2D eigenvalue weighted by molar-refractivity contribution is 7.92. The maximum absolute atomic E-state index is 11.8. The van der Waals surface area contributed by atoms with Crippen molar-refractivity contribution in [1.29, 1.82) is 0 Å². The number of benzene rings is 1. The molecule has 5 nitrogen and oxygen atoms in total. The number of carbonyl (C=O) groups is 1. The van der Waals surface area contributed by atoms with E-state index >= 15 is 0 Å². The van der Waals surface area contributed by atoms with Gasteiger partial charge in [0.15, 0.2) is 0 Å². The van der Waals surface area contributed by atoms with Gasteiger partial charge in [0, 0.05) is 18.5 Å². The Kier molecular flexibility index (Phi) is 5.62. The van der Waals surface area contributed by atoms with Crippen LogP contribution in [0.25, 0.3) is 0 Å². The van der Waals surface area contributed by atoms with E-state index in [4.69, 9.17) is 11.6 Å². The topological polar surface area (TPSA) is 75.3 Å². The van der Waals surface area contributed by atoms with Gasteiger partial charge in [0.1, 0.15) is 0 Å². The summed E-state index contributed by atoms with van der Waals surface area (Å²) in [5.41, 5.74) is 1.57. The molecule has 2 N–H and O–H groups in total.